The van der Waals surface area contributed by atoms with Crippen LogP contribution in [0, 0.1) is 11.3 Å². The molecule has 0 bridgehead atoms. The van der Waals surface area contributed by atoms with Crippen molar-refractivity contribution in [3.8, 4) is 6.07 Å². The second kappa shape index (κ2) is 10.1. The van der Waals surface area contributed by atoms with Gasteiger partial charge in [-0.15, -0.1) is 0 Å². The van der Waals surface area contributed by atoms with Gasteiger partial charge in [0.1, 0.15) is 0 Å². The van der Waals surface area contributed by atoms with Crippen molar-refractivity contribution in [3.05, 3.63) is 64.7 Å². The first-order valence-electron chi connectivity index (χ1n) is 8.61. The minimum Gasteiger partial charge on any atom is -0.452 e. The molecule has 0 radical (unpaired) electrons. The number of esters is 1. The number of hydrogen-bond acceptors (Lipinski definition) is 5. The maximum atomic E-state index is 12.3. The van der Waals surface area contributed by atoms with Gasteiger partial charge in [-0.05, 0) is 42.8 Å². The van der Waals surface area contributed by atoms with Crippen LogP contribution in [0.1, 0.15) is 30.5 Å². The van der Waals surface area contributed by atoms with Crippen molar-refractivity contribution in [2.75, 3.05) is 5.32 Å². The van der Waals surface area contributed by atoms with Crippen molar-refractivity contribution >= 4 is 35.2 Å². The van der Waals surface area contributed by atoms with E-state index < -0.39 is 30.1 Å². The number of amides is 3. The SMILES string of the molecule is C[C@@H](OC(=O)C[C@@H](NC(N)=O)c1ccccc1Cl)C(=O)Nc1ccc(C#N)cc1. The molecule has 8 nitrogen and oxygen atoms in total. The van der Waals surface area contributed by atoms with Crippen LogP contribution in [0.4, 0.5) is 10.5 Å². The molecule has 0 aliphatic rings. The van der Waals surface area contributed by atoms with E-state index in [1.165, 1.54) is 6.92 Å². The molecule has 2 aromatic carbocycles. The van der Waals surface area contributed by atoms with Crippen molar-refractivity contribution in [2.24, 2.45) is 5.73 Å². The second-order valence-corrected chi connectivity index (χ2v) is 6.50. The molecule has 150 valence electrons. The van der Waals surface area contributed by atoms with Gasteiger partial charge < -0.3 is 21.1 Å². The van der Waals surface area contributed by atoms with Crippen LogP contribution >= 0.6 is 11.6 Å². The van der Waals surface area contributed by atoms with Crippen LogP contribution in [-0.4, -0.2) is 24.0 Å². The third kappa shape index (κ3) is 6.52. The van der Waals surface area contributed by atoms with E-state index in [0.717, 1.165) is 0 Å². The Morgan fingerprint density at radius 1 is 1.17 bits per heavy atom. The number of ether oxygens (including phenoxy) is 1. The molecule has 0 heterocycles. The Balaban J connectivity index is 1.99. The quantitative estimate of drug-likeness (QED) is 0.599. The minimum absolute atomic E-state index is 0.263. The number of halogens is 1. The number of urea groups is 1. The molecule has 0 aromatic heterocycles. The Morgan fingerprint density at radius 3 is 2.41 bits per heavy atom. The zero-order valence-corrected chi connectivity index (χ0v) is 16.3. The number of primary amides is 1. The summed E-state index contributed by atoms with van der Waals surface area (Å²) in [6, 6.07) is 13.3. The molecule has 0 saturated heterocycles. The molecular weight excluding hydrogens is 396 g/mol. The average molecular weight is 415 g/mol. The van der Waals surface area contributed by atoms with Crippen molar-refractivity contribution < 1.29 is 19.1 Å². The van der Waals surface area contributed by atoms with Crippen LogP contribution in [0.5, 0.6) is 0 Å². The van der Waals surface area contributed by atoms with Gasteiger partial charge in [-0.1, -0.05) is 29.8 Å². The van der Waals surface area contributed by atoms with Gasteiger partial charge in [0.2, 0.25) is 0 Å². The largest absolute Gasteiger partial charge is 0.452 e. The van der Waals surface area contributed by atoms with Gasteiger partial charge in [-0.2, -0.15) is 5.26 Å². The molecule has 0 unspecified atom stereocenters. The van der Waals surface area contributed by atoms with Gasteiger partial charge in [-0.25, -0.2) is 4.79 Å². The summed E-state index contributed by atoms with van der Waals surface area (Å²) in [5.74, 6) is -1.26. The molecule has 29 heavy (non-hydrogen) atoms. The van der Waals surface area contributed by atoms with E-state index in [1.54, 1.807) is 48.5 Å². The first-order valence-corrected chi connectivity index (χ1v) is 8.99. The summed E-state index contributed by atoms with van der Waals surface area (Å²) >= 11 is 6.13. The summed E-state index contributed by atoms with van der Waals surface area (Å²) < 4.78 is 5.16. The standard InChI is InChI=1S/C20H19ClN4O4/c1-12(19(27)24-14-8-6-13(11-22)7-9-14)29-18(26)10-17(25-20(23)28)15-4-2-3-5-16(15)21/h2-9,12,17H,10H2,1H3,(H,24,27)(H3,23,25,28)/t12-,17-/m1/s1. The van der Waals surface area contributed by atoms with Crippen molar-refractivity contribution in [1.29, 1.82) is 5.26 Å². The maximum Gasteiger partial charge on any atom is 0.312 e. The summed E-state index contributed by atoms with van der Waals surface area (Å²) in [6.07, 6.45) is -1.35. The monoisotopic (exact) mass is 414 g/mol. The van der Waals surface area contributed by atoms with Gasteiger partial charge in [0.15, 0.2) is 6.10 Å². The number of nitrogens with zero attached hydrogens (tertiary/aromatic N) is 1. The van der Waals surface area contributed by atoms with Crippen molar-refractivity contribution in [3.63, 3.8) is 0 Å². The lowest BCUT2D eigenvalue weighted by molar-refractivity contribution is -0.153. The number of carbonyl (C=O) groups is 3. The molecule has 2 aromatic rings. The van der Waals surface area contributed by atoms with E-state index in [-0.39, 0.29) is 6.42 Å². The predicted octanol–water partition coefficient (Wildman–Crippen LogP) is 2.88. The Kier molecular flexibility index (Phi) is 7.57. The lowest BCUT2D eigenvalue weighted by atomic mass is 10.0. The summed E-state index contributed by atoms with van der Waals surface area (Å²) in [5, 5.41) is 14.2. The van der Waals surface area contributed by atoms with Gasteiger partial charge in [0.25, 0.3) is 5.91 Å². The zero-order valence-electron chi connectivity index (χ0n) is 15.5. The Morgan fingerprint density at radius 2 is 1.83 bits per heavy atom. The van der Waals surface area contributed by atoms with E-state index >= 15 is 0 Å². The van der Waals surface area contributed by atoms with E-state index in [9.17, 15) is 14.4 Å². The maximum absolute atomic E-state index is 12.3. The highest BCUT2D eigenvalue weighted by molar-refractivity contribution is 6.31. The molecule has 0 saturated carbocycles. The lowest BCUT2D eigenvalue weighted by Crippen LogP contribution is -2.36. The van der Waals surface area contributed by atoms with Crippen LogP contribution in [0.15, 0.2) is 48.5 Å². The summed E-state index contributed by atoms with van der Waals surface area (Å²) in [5.41, 5.74) is 6.60. The van der Waals surface area contributed by atoms with Crippen LogP contribution < -0.4 is 16.4 Å². The molecule has 0 aliphatic heterocycles. The fourth-order valence-corrected chi connectivity index (χ4v) is 2.77. The highest BCUT2D eigenvalue weighted by atomic mass is 35.5. The van der Waals surface area contributed by atoms with Crippen LogP contribution in [-0.2, 0) is 14.3 Å². The predicted molar refractivity (Wildman–Crippen MR) is 107 cm³/mol. The van der Waals surface area contributed by atoms with Gasteiger partial charge in [0, 0.05) is 10.7 Å². The van der Waals surface area contributed by atoms with E-state index in [1.807, 2.05) is 6.07 Å². The number of carbonyl (C=O) groups excluding carboxylic acids is 3. The molecule has 0 fully saturated rings. The van der Waals surface area contributed by atoms with Gasteiger partial charge in [-0.3, -0.25) is 9.59 Å². The summed E-state index contributed by atoms with van der Waals surface area (Å²) in [4.78, 5) is 35.8. The molecule has 2 rings (SSSR count). The fourth-order valence-electron chi connectivity index (χ4n) is 2.51. The first kappa shape index (κ1) is 21.7. The normalized spacial score (nSPS) is 12.2. The third-order valence-electron chi connectivity index (χ3n) is 3.93. The number of rotatable bonds is 7. The van der Waals surface area contributed by atoms with Crippen molar-refractivity contribution in [2.45, 2.75) is 25.5 Å². The van der Waals surface area contributed by atoms with Crippen LogP contribution in [0.2, 0.25) is 5.02 Å². The summed E-state index contributed by atoms with van der Waals surface area (Å²) in [6.45, 7) is 1.42. The molecule has 0 spiro atoms. The lowest BCUT2D eigenvalue weighted by Gasteiger charge is -2.20. The third-order valence-corrected chi connectivity index (χ3v) is 4.27. The first-order chi connectivity index (χ1) is 13.8. The van der Waals surface area contributed by atoms with Crippen LogP contribution in [0.25, 0.3) is 0 Å². The molecule has 2 atom stereocenters. The second-order valence-electron chi connectivity index (χ2n) is 6.10. The van der Waals surface area contributed by atoms with Gasteiger partial charge in [0.05, 0.1) is 24.1 Å². The minimum atomic E-state index is -1.08. The Labute approximate surface area is 172 Å². The van der Waals surface area contributed by atoms with E-state index in [2.05, 4.69) is 10.6 Å². The van der Waals surface area contributed by atoms with E-state index in [0.29, 0.717) is 21.8 Å². The Hall–Kier alpha value is -3.57. The van der Waals surface area contributed by atoms with Gasteiger partial charge >= 0.3 is 12.0 Å². The smallest absolute Gasteiger partial charge is 0.312 e. The number of nitriles is 1. The van der Waals surface area contributed by atoms with Crippen LogP contribution in [0.3, 0.4) is 0 Å². The number of hydrogen-bond donors (Lipinski definition) is 3. The molecule has 9 heteroatoms. The average Bonchev–Trinajstić information content (AvgIpc) is 2.68. The topological polar surface area (TPSA) is 134 Å². The Bertz CT molecular complexity index is 940. The highest BCUT2D eigenvalue weighted by Crippen LogP contribution is 2.25. The number of benzene rings is 2. The number of anilines is 1. The number of nitrogens with one attached hydrogen (secondary N) is 2. The molecule has 0 aliphatic carbocycles. The van der Waals surface area contributed by atoms with E-state index in [4.69, 9.17) is 27.3 Å². The molecule has 3 amide bonds. The fraction of sp³-hybridized carbons (Fsp3) is 0.200. The zero-order chi connectivity index (χ0) is 21.4. The summed E-state index contributed by atoms with van der Waals surface area (Å²) in [7, 11) is 0. The van der Waals surface area contributed by atoms with Crippen molar-refractivity contribution in [1.82, 2.24) is 5.32 Å². The molecular formula is C20H19ClN4O4. The molecule has 4 N–H and O–H groups in total. The highest BCUT2D eigenvalue weighted by Gasteiger charge is 2.24. The number of nitrogens with two attached hydrogens (primary N) is 1.